The van der Waals surface area contributed by atoms with Gasteiger partial charge in [0.05, 0.1) is 11.4 Å². The normalized spacial score (nSPS) is 12.6. The van der Waals surface area contributed by atoms with E-state index in [2.05, 4.69) is 22.6 Å². The Hall–Kier alpha value is -3.32. The lowest BCUT2D eigenvalue weighted by molar-refractivity contribution is -0.116. The predicted molar refractivity (Wildman–Crippen MR) is 140 cm³/mol. The van der Waals surface area contributed by atoms with Crippen molar-refractivity contribution >= 4 is 34.1 Å². The van der Waals surface area contributed by atoms with Crippen molar-refractivity contribution in [3.05, 3.63) is 82.0 Å². The number of carbonyl (C=O) groups is 1. The maximum absolute atomic E-state index is 12.8. The van der Waals surface area contributed by atoms with Crippen LogP contribution in [0.5, 0.6) is 0 Å². The van der Waals surface area contributed by atoms with Crippen LogP contribution in [-0.4, -0.2) is 22.1 Å². The molecule has 0 radical (unpaired) electrons. The number of aromatic nitrogens is 2. The molecular weight excluding hydrogens is 444 g/mol. The maximum atomic E-state index is 12.8. The third kappa shape index (κ3) is 5.42. The van der Waals surface area contributed by atoms with Gasteiger partial charge in [0.25, 0.3) is 0 Å². The number of carbonyl (C=O) groups excluding carboxylic acids is 1. The van der Waals surface area contributed by atoms with Gasteiger partial charge >= 0.3 is 0 Å². The molecule has 1 aliphatic rings. The first-order chi connectivity index (χ1) is 16.6. The number of rotatable bonds is 9. The van der Waals surface area contributed by atoms with E-state index in [-0.39, 0.29) is 5.91 Å². The molecule has 1 heterocycles. The number of fused-ring (bicyclic) bond motifs is 3. The smallest absolute Gasteiger partial charge is 0.225 e. The van der Waals surface area contributed by atoms with Gasteiger partial charge in [0.15, 0.2) is 5.82 Å². The summed E-state index contributed by atoms with van der Waals surface area (Å²) in [4.78, 5) is 34.5. The van der Waals surface area contributed by atoms with E-state index in [0.717, 1.165) is 53.1 Å². The Labute approximate surface area is 204 Å². The third-order valence-electron chi connectivity index (χ3n) is 5.98. The molecule has 2 aromatic carbocycles. The van der Waals surface area contributed by atoms with E-state index in [1.54, 1.807) is 17.8 Å². The number of nitrogens with zero attached hydrogens (tertiary/aromatic N) is 3. The molecule has 0 spiro atoms. The number of nitroso groups, excluding NO2 is 1. The summed E-state index contributed by atoms with van der Waals surface area (Å²) in [5.74, 6) is 0.474. The monoisotopic (exact) mass is 472 g/mol. The number of benzene rings is 2. The summed E-state index contributed by atoms with van der Waals surface area (Å²) in [5, 5.41) is 6.08. The van der Waals surface area contributed by atoms with Crippen molar-refractivity contribution in [2.75, 3.05) is 11.6 Å². The Morgan fingerprint density at radius 1 is 1.12 bits per heavy atom. The van der Waals surface area contributed by atoms with Crippen LogP contribution in [0.25, 0.3) is 16.2 Å². The van der Waals surface area contributed by atoms with Crippen molar-refractivity contribution in [3.63, 3.8) is 0 Å². The lowest BCUT2D eigenvalue weighted by atomic mass is 9.91. The third-order valence-corrected chi connectivity index (χ3v) is 6.85. The summed E-state index contributed by atoms with van der Waals surface area (Å²) in [6.07, 6.45) is 8.61. The Morgan fingerprint density at radius 3 is 2.68 bits per heavy atom. The van der Waals surface area contributed by atoms with Crippen LogP contribution in [0.4, 0.5) is 11.5 Å². The van der Waals surface area contributed by atoms with Crippen LogP contribution in [-0.2, 0) is 24.1 Å². The molecule has 1 N–H and O–H groups in total. The van der Waals surface area contributed by atoms with Crippen molar-refractivity contribution in [2.45, 2.75) is 45.4 Å². The zero-order chi connectivity index (χ0) is 23.9. The molecule has 0 fully saturated rings. The second-order valence-electron chi connectivity index (χ2n) is 8.25. The molecule has 174 valence electrons. The van der Waals surface area contributed by atoms with Gasteiger partial charge in [-0.3, -0.25) is 4.79 Å². The number of thioether (sulfide) groups is 1. The summed E-state index contributed by atoms with van der Waals surface area (Å²) in [6, 6.07) is 15.7. The molecule has 0 atom stereocenters. The molecular formula is C27H28N4O2S. The van der Waals surface area contributed by atoms with E-state index in [1.807, 2.05) is 49.6 Å². The number of amides is 1. The minimum absolute atomic E-state index is 0.0435. The molecule has 1 amide bonds. The van der Waals surface area contributed by atoms with E-state index in [1.165, 1.54) is 5.56 Å². The Balaban J connectivity index is 1.53. The summed E-state index contributed by atoms with van der Waals surface area (Å²) in [5.41, 5.74) is 6.08. The van der Waals surface area contributed by atoms with Crippen LogP contribution >= 0.6 is 11.8 Å². The van der Waals surface area contributed by atoms with Crippen LogP contribution in [0.2, 0.25) is 0 Å². The standard InChI is InChI=1S/C27H28N4O2S/c1-3-23(34-2)26-27(29-24(32)12-8-7-11-18-9-5-4-6-10-18)28-22-16-13-19-17-20(31-33)14-15-21(19)25(22)30-26/h3-6,9-10,14-15,17H,7-8,11-13,16H2,1-2H3,(H,28,29,32)/b23-3-. The number of nitrogens with one attached hydrogen (secondary N) is 1. The SMILES string of the molecule is C/C=C(\SC)c1nc2c(nc1NC(=O)CCCCc1ccccc1)CCc1cc(N=O)ccc1-2. The lowest BCUT2D eigenvalue weighted by Crippen LogP contribution is -2.18. The van der Waals surface area contributed by atoms with Gasteiger partial charge in [0.1, 0.15) is 11.4 Å². The van der Waals surface area contributed by atoms with Crippen molar-refractivity contribution < 1.29 is 4.79 Å². The molecule has 4 rings (SSSR count). The van der Waals surface area contributed by atoms with E-state index in [0.29, 0.717) is 30.0 Å². The number of aryl methyl sites for hydroxylation is 3. The topological polar surface area (TPSA) is 84.3 Å². The van der Waals surface area contributed by atoms with Crippen LogP contribution in [0.3, 0.4) is 0 Å². The second kappa shape index (κ2) is 11.2. The Bertz CT molecular complexity index is 1220. The fraction of sp³-hybridized carbons (Fsp3) is 0.296. The molecule has 0 saturated heterocycles. The molecule has 1 aliphatic carbocycles. The van der Waals surface area contributed by atoms with Crippen LogP contribution in [0.15, 0.2) is 59.8 Å². The zero-order valence-electron chi connectivity index (χ0n) is 19.5. The maximum Gasteiger partial charge on any atom is 0.225 e. The van der Waals surface area contributed by atoms with E-state index < -0.39 is 0 Å². The largest absolute Gasteiger partial charge is 0.309 e. The van der Waals surface area contributed by atoms with E-state index >= 15 is 0 Å². The van der Waals surface area contributed by atoms with E-state index in [4.69, 9.17) is 9.97 Å². The van der Waals surface area contributed by atoms with Crippen LogP contribution in [0, 0.1) is 4.91 Å². The number of allylic oxidation sites excluding steroid dienone is 1. The minimum Gasteiger partial charge on any atom is -0.309 e. The fourth-order valence-corrected chi connectivity index (χ4v) is 4.82. The van der Waals surface area contributed by atoms with Crippen molar-refractivity contribution in [1.82, 2.24) is 9.97 Å². The first-order valence-electron chi connectivity index (χ1n) is 11.5. The van der Waals surface area contributed by atoms with Gasteiger partial charge in [-0.25, -0.2) is 9.97 Å². The van der Waals surface area contributed by atoms with E-state index in [9.17, 15) is 9.70 Å². The molecule has 6 nitrogen and oxygen atoms in total. The molecule has 0 bridgehead atoms. The fourth-order valence-electron chi connectivity index (χ4n) is 4.25. The van der Waals surface area contributed by atoms with Gasteiger partial charge in [-0.2, -0.15) is 0 Å². The summed E-state index contributed by atoms with van der Waals surface area (Å²) in [6.45, 7) is 1.96. The second-order valence-corrected chi connectivity index (χ2v) is 9.09. The Kier molecular flexibility index (Phi) is 7.85. The first kappa shape index (κ1) is 23.8. The average molecular weight is 473 g/mol. The van der Waals surface area contributed by atoms with Crippen molar-refractivity contribution in [3.8, 4) is 11.3 Å². The molecule has 0 unspecified atom stereocenters. The summed E-state index contributed by atoms with van der Waals surface area (Å²) < 4.78 is 0. The quantitative estimate of drug-likeness (QED) is 0.276. The number of unbranched alkanes of at least 4 members (excludes halogenated alkanes) is 1. The van der Waals surface area contributed by atoms with Gasteiger partial charge in [-0.05, 0) is 73.7 Å². The highest BCUT2D eigenvalue weighted by Crippen LogP contribution is 2.37. The predicted octanol–water partition coefficient (Wildman–Crippen LogP) is 6.72. The Morgan fingerprint density at radius 2 is 1.94 bits per heavy atom. The van der Waals surface area contributed by atoms with Gasteiger partial charge in [-0.15, -0.1) is 16.7 Å². The zero-order valence-corrected chi connectivity index (χ0v) is 20.3. The molecule has 0 saturated carbocycles. The van der Waals surface area contributed by atoms with Gasteiger partial charge < -0.3 is 5.32 Å². The lowest BCUT2D eigenvalue weighted by Gasteiger charge is -2.21. The van der Waals surface area contributed by atoms with Crippen molar-refractivity contribution in [2.24, 2.45) is 5.18 Å². The number of anilines is 1. The first-order valence-corrected chi connectivity index (χ1v) is 12.8. The minimum atomic E-state index is -0.0435. The molecule has 1 aromatic heterocycles. The van der Waals surface area contributed by atoms with Gasteiger partial charge in [0, 0.05) is 16.9 Å². The highest BCUT2D eigenvalue weighted by atomic mass is 32.2. The average Bonchev–Trinajstić information content (AvgIpc) is 2.87. The molecule has 34 heavy (non-hydrogen) atoms. The van der Waals surface area contributed by atoms with Crippen molar-refractivity contribution in [1.29, 1.82) is 0 Å². The van der Waals surface area contributed by atoms with Crippen LogP contribution < -0.4 is 5.32 Å². The summed E-state index contributed by atoms with van der Waals surface area (Å²) in [7, 11) is 0. The summed E-state index contributed by atoms with van der Waals surface area (Å²) >= 11 is 1.57. The van der Waals surface area contributed by atoms with Gasteiger partial charge in [-0.1, -0.05) is 42.5 Å². The highest BCUT2D eigenvalue weighted by Gasteiger charge is 2.24. The highest BCUT2D eigenvalue weighted by molar-refractivity contribution is 8.07. The van der Waals surface area contributed by atoms with Crippen LogP contribution in [0.1, 0.15) is 48.7 Å². The number of hydrogen-bond acceptors (Lipinski definition) is 6. The molecule has 7 heteroatoms. The number of hydrogen-bond donors (Lipinski definition) is 1. The molecule has 3 aromatic rings. The van der Waals surface area contributed by atoms with Gasteiger partial charge in [0.2, 0.25) is 5.91 Å². The molecule has 0 aliphatic heterocycles.